The molecule has 1 aliphatic carbocycles. The molecule has 21 heavy (non-hydrogen) atoms. The molecular formula is C16H28N4S. The molecule has 0 amide bonds. The van der Waals surface area contributed by atoms with Gasteiger partial charge in [-0.3, -0.25) is 4.99 Å². The fourth-order valence-electron chi connectivity index (χ4n) is 3.23. The average molecular weight is 308 g/mol. The van der Waals surface area contributed by atoms with E-state index in [1.807, 2.05) is 7.05 Å². The molecule has 1 fully saturated rings. The van der Waals surface area contributed by atoms with Gasteiger partial charge in [-0.2, -0.15) is 0 Å². The maximum Gasteiger partial charge on any atom is 0.191 e. The van der Waals surface area contributed by atoms with Gasteiger partial charge >= 0.3 is 0 Å². The highest BCUT2D eigenvalue weighted by atomic mass is 32.1. The van der Waals surface area contributed by atoms with Crippen LogP contribution in [0.5, 0.6) is 0 Å². The van der Waals surface area contributed by atoms with Crippen LogP contribution >= 0.6 is 11.3 Å². The third kappa shape index (κ3) is 4.70. The molecule has 0 aliphatic heterocycles. The molecule has 0 bridgehead atoms. The number of rotatable bonds is 3. The number of nitrogens with zero attached hydrogens (tertiary/aromatic N) is 2. The maximum atomic E-state index is 4.56. The first-order valence-electron chi connectivity index (χ1n) is 7.88. The third-order valence-corrected chi connectivity index (χ3v) is 5.30. The zero-order chi connectivity index (χ0) is 15.4. The summed E-state index contributed by atoms with van der Waals surface area (Å²) < 4.78 is 0. The Morgan fingerprint density at radius 1 is 1.24 bits per heavy atom. The molecule has 0 radical (unpaired) electrons. The molecule has 118 valence electrons. The largest absolute Gasteiger partial charge is 0.354 e. The molecule has 2 atom stereocenters. The lowest BCUT2D eigenvalue weighted by molar-refractivity contribution is 0.255. The fraction of sp³-hybridized carbons (Fsp3) is 0.750. The van der Waals surface area contributed by atoms with Gasteiger partial charge in [0, 0.05) is 18.0 Å². The third-order valence-electron chi connectivity index (χ3n) is 4.22. The number of guanidine groups is 1. The summed E-state index contributed by atoms with van der Waals surface area (Å²) in [7, 11) is 1.84. The van der Waals surface area contributed by atoms with Crippen molar-refractivity contribution < 1.29 is 0 Å². The zero-order valence-corrected chi connectivity index (χ0v) is 14.7. The molecule has 1 aliphatic rings. The van der Waals surface area contributed by atoms with Crippen LogP contribution in [0.4, 0.5) is 0 Å². The summed E-state index contributed by atoms with van der Waals surface area (Å²) in [6.45, 7) is 9.63. The Hall–Kier alpha value is -1.10. The Morgan fingerprint density at radius 2 is 1.90 bits per heavy atom. The second-order valence-corrected chi connectivity index (χ2v) is 7.72. The summed E-state index contributed by atoms with van der Waals surface area (Å²) in [6, 6.07) is 0.537. The lowest BCUT2D eigenvalue weighted by Gasteiger charge is -2.32. The van der Waals surface area contributed by atoms with Crippen molar-refractivity contribution in [3.05, 3.63) is 15.6 Å². The monoisotopic (exact) mass is 308 g/mol. The molecule has 1 heterocycles. The summed E-state index contributed by atoms with van der Waals surface area (Å²) in [5.74, 6) is 2.49. The van der Waals surface area contributed by atoms with Gasteiger partial charge in [0.2, 0.25) is 0 Å². The minimum atomic E-state index is 0.537. The molecule has 1 aromatic rings. The van der Waals surface area contributed by atoms with Crippen LogP contribution in [0.3, 0.4) is 0 Å². The van der Waals surface area contributed by atoms with E-state index >= 15 is 0 Å². The van der Waals surface area contributed by atoms with E-state index in [0.717, 1.165) is 35.0 Å². The van der Waals surface area contributed by atoms with Crippen molar-refractivity contribution in [1.82, 2.24) is 15.6 Å². The molecule has 2 unspecified atom stereocenters. The Morgan fingerprint density at radius 3 is 2.43 bits per heavy atom. The van der Waals surface area contributed by atoms with E-state index in [1.54, 1.807) is 11.3 Å². The molecule has 0 aromatic carbocycles. The van der Waals surface area contributed by atoms with E-state index in [9.17, 15) is 0 Å². The van der Waals surface area contributed by atoms with E-state index in [1.165, 1.54) is 24.1 Å². The molecule has 1 aromatic heterocycles. The van der Waals surface area contributed by atoms with Gasteiger partial charge in [-0.15, -0.1) is 11.3 Å². The number of aliphatic imine (C=N–C) groups is 1. The Kier molecular flexibility index (Phi) is 5.62. The van der Waals surface area contributed by atoms with Crippen LogP contribution in [0, 0.1) is 25.7 Å². The number of aryl methyl sites for hydroxylation is 2. The smallest absolute Gasteiger partial charge is 0.191 e. The quantitative estimate of drug-likeness (QED) is 0.666. The van der Waals surface area contributed by atoms with Crippen LogP contribution in [0.15, 0.2) is 4.99 Å². The Labute approximate surface area is 132 Å². The van der Waals surface area contributed by atoms with Gasteiger partial charge in [-0.25, -0.2) is 4.98 Å². The minimum Gasteiger partial charge on any atom is -0.354 e. The van der Waals surface area contributed by atoms with Crippen LogP contribution in [0.25, 0.3) is 0 Å². The van der Waals surface area contributed by atoms with Gasteiger partial charge in [0.15, 0.2) is 5.96 Å². The minimum absolute atomic E-state index is 0.537. The van der Waals surface area contributed by atoms with Gasteiger partial charge in [-0.05, 0) is 44.9 Å². The first kappa shape index (κ1) is 16.3. The van der Waals surface area contributed by atoms with Gasteiger partial charge in [0.1, 0.15) is 5.01 Å². The van der Waals surface area contributed by atoms with Crippen molar-refractivity contribution in [2.24, 2.45) is 16.8 Å². The predicted octanol–water partition coefficient (Wildman–Crippen LogP) is 3.25. The van der Waals surface area contributed by atoms with E-state index in [-0.39, 0.29) is 0 Å². The molecule has 0 spiro atoms. The van der Waals surface area contributed by atoms with Crippen molar-refractivity contribution in [2.45, 2.75) is 59.5 Å². The van der Waals surface area contributed by atoms with Crippen LogP contribution in [-0.2, 0) is 6.54 Å². The zero-order valence-electron chi connectivity index (χ0n) is 13.9. The summed E-state index contributed by atoms with van der Waals surface area (Å²) in [5, 5.41) is 8.09. The van der Waals surface area contributed by atoms with E-state index < -0.39 is 0 Å². The van der Waals surface area contributed by atoms with Gasteiger partial charge < -0.3 is 10.6 Å². The standard InChI is InChI=1S/C16H28N4S/c1-10-6-11(2)8-14(7-10)20-16(17-5)18-9-15-19-12(3)13(4)21-15/h10-11,14H,6-9H2,1-5H3,(H2,17,18,20). The summed E-state index contributed by atoms with van der Waals surface area (Å²) in [4.78, 5) is 10.2. The molecule has 5 heteroatoms. The highest BCUT2D eigenvalue weighted by molar-refractivity contribution is 7.11. The first-order valence-corrected chi connectivity index (χ1v) is 8.69. The van der Waals surface area contributed by atoms with Crippen molar-refractivity contribution in [2.75, 3.05) is 7.05 Å². The van der Waals surface area contributed by atoms with Crippen molar-refractivity contribution in [3.8, 4) is 0 Å². The topological polar surface area (TPSA) is 49.3 Å². The number of hydrogen-bond acceptors (Lipinski definition) is 3. The van der Waals surface area contributed by atoms with Crippen LogP contribution in [0.2, 0.25) is 0 Å². The molecule has 0 saturated heterocycles. The summed E-state index contributed by atoms with van der Waals surface area (Å²) in [5.41, 5.74) is 1.13. The number of hydrogen-bond donors (Lipinski definition) is 2. The molecule has 1 saturated carbocycles. The lowest BCUT2D eigenvalue weighted by atomic mass is 9.80. The maximum absolute atomic E-state index is 4.56. The Balaban J connectivity index is 1.86. The molecular weight excluding hydrogens is 280 g/mol. The normalized spacial score (nSPS) is 26.7. The van der Waals surface area contributed by atoms with Crippen LogP contribution in [0.1, 0.15) is 48.7 Å². The molecule has 2 rings (SSSR count). The van der Waals surface area contributed by atoms with Gasteiger partial charge in [0.05, 0.1) is 12.2 Å². The lowest BCUT2D eigenvalue weighted by Crippen LogP contribution is -2.45. The second kappa shape index (κ2) is 7.25. The Bertz CT molecular complexity index is 465. The number of thiazole rings is 1. The summed E-state index contributed by atoms with van der Waals surface area (Å²) in [6.07, 6.45) is 3.82. The average Bonchev–Trinajstić information content (AvgIpc) is 2.72. The molecule has 4 nitrogen and oxygen atoms in total. The SMILES string of the molecule is CN=C(NCc1nc(C)c(C)s1)NC1CC(C)CC(C)C1. The highest BCUT2D eigenvalue weighted by Crippen LogP contribution is 2.28. The van der Waals surface area contributed by atoms with Crippen molar-refractivity contribution >= 4 is 17.3 Å². The van der Waals surface area contributed by atoms with Crippen LogP contribution < -0.4 is 10.6 Å². The van der Waals surface area contributed by atoms with Gasteiger partial charge in [-0.1, -0.05) is 13.8 Å². The highest BCUT2D eigenvalue weighted by Gasteiger charge is 2.24. The van der Waals surface area contributed by atoms with E-state index in [4.69, 9.17) is 0 Å². The van der Waals surface area contributed by atoms with Crippen molar-refractivity contribution in [1.29, 1.82) is 0 Å². The van der Waals surface area contributed by atoms with Crippen molar-refractivity contribution in [3.63, 3.8) is 0 Å². The second-order valence-electron chi connectivity index (χ2n) is 6.43. The van der Waals surface area contributed by atoms with E-state index in [0.29, 0.717) is 6.04 Å². The first-order chi connectivity index (χ1) is 9.97. The predicted molar refractivity (Wildman–Crippen MR) is 90.9 cm³/mol. The van der Waals surface area contributed by atoms with Gasteiger partial charge in [0.25, 0.3) is 0 Å². The van der Waals surface area contributed by atoms with E-state index in [2.05, 4.69) is 48.3 Å². The summed E-state index contributed by atoms with van der Waals surface area (Å²) >= 11 is 1.76. The fourth-order valence-corrected chi connectivity index (χ4v) is 4.10. The number of nitrogens with one attached hydrogen (secondary N) is 2. The number of aromatic nitrogens is 1. The van der Waals surface area contributed by atoms with Crippen LogP contribution in [-0.4, -0.2) is 24.0 Å². The molecule has 2 N–H and O–H groups in total.